The van der Waals surface area contributed by atoms with Gasteiger partial charge in [-0.2, -0.15) is 0 Å². The minimum Gasteiger partial charge on any atom is -0.441 e. The molecule has 0 unspecified atom stereocenters. The molecule has 0 atom stereocenters. The zero-order valence-corrected chi connectivity index (χ0v) is 11.4. The van der Waals surface area contributed by atoms with Crippen LogP contribution < -0.4 is 4.74 Å². The van der Waals surface area contributed by atoms with Crippen molar-refractivity contribution in [2.75, 3.05) is 0 Å². The number of benzene rings is 2. The van der Waals surface area contributed by atoms with Crippen molar-refractivity contribution in [1.82, 2.24) is 4.98 Å². The van der Waals surface area contributed by atoms with Gasteiger partial charge in [-0.05, 0) is 36.4 Å². The smallest absolute Gasteiger partial charge is 0.343 e. The first-order chi connectivity index (χ1) is 10.2. The first kappa shape index (κ1) is 13.1. The molecule has 0 radical (unpaired) electrons. The molecule has 0 spiro atoms. The Morgan fingerprint density at radius 2 is 1.76 bits per heavy atom. The number of hydrogen-bond donors (Lipinski definition) is 0. The highest BCUT2D eigenvalue weighted by Crippen LogP contribution is 2.23. The maximum atomic E-state index is 11.9. The van der Waals surface area contributed by atoms with Gasteiger partial charge in [0.25, 0.3) is 0 Å². The van der Waals surface area contributed by atoms with E-state index in [0.717, 1.165) is 5.56 Å². The van der Waals surface area contributed by atoms with E-state index in [9.17, 15) is 4.79 Å². The first-order valence-electron chi connectivity index (χ1n) is 6.52. The number of rotatable bonds is 3. The molecule has 3 rings (SSSR count). The van der Waals surface area contributed by atoms with E-state index in [1.54, 1.807) is 49.5 Å². The number of hydrogen-bond acceptors (Lipinski definition) is 4. The number of esters is 1. The molecule has 1 aromatic heterocycles. The molecule has 2 aromatic carbocycles. The summed E-state index contributed by atoms with van der Waals surface area (Å²) in [6.45, 7) is 1.79. The molecule has 0 fully saturated rings. The third kappa shape index (κ3) is 3.00. The highest BCUT2D eigenvalue weighted by atomic mass is 16.5. The Morgan fingerprint density at radius 1 is 1.05 bits per heavy atom. The van der Waals surface area contributed by atoms with Gasteiger partial charge in [0.15, 0.2) is 11.7 Å². The number of oxazole rings is 1. The molecule has 4 heteroatoms. The van der Waals surface area contributed by atoms with Gasteiger partial charge in [0.2, 0.25) is 0 Å². The standard InChI is InChI=1S/C17H13NO3/c1-12-18-11-16(20-12)13-7-9-15(10-8-13)21-17(19)14-5-3-2-4-6-14/h2-11H,1H3. The number of aryl methyl sites for hydroxylation is 1. The Balaban J connectivity index is 1.74. The van der Waals surface area contributed by atoms with E-state index < -0.39 is 0 Å². The average Bonchev–Trinajstić information content (AvgIpc) is 2.95. The zero-order valence-electron chi connectivity index (χ0n) is 11.4. The Hall–Kier alpha value is -2.88. The summed E-state index contributed by atoms with van der Waals surface area (Å²) < 4.78 is 10.8. The monoisotopic (exact) mass is 279 g/mol. The second kappa shape index (κ2) is 5.63. The minimum absolute atomic E-state index is 0.376. The molecule has 1 heterocycles. The number of carbonyl (C=O) groups is 1. The second-order valence-corrected chi connectivity index (χ2v) is 4.52. The normalized spacial score (nSPS) is 10.3. The summed E-state index contributed by atoms with van der Waals surface area (Å²) in [6.07, 6.45) is 1.67. The summed E-state index contributed by atoms with van der Waals surface area (Å²) in [6, 6.07) is 16.0. The summed E-state index contributed by atoms with van der Waals surface area (Å²) >= 11 is 0. The van der Waals surface area contributed by atoms with E-state index in [1.165, 1.54) is 0 Å². The van der Waals surface area contributed by atoms with Crippen LogP contribution in [0, 0.1) is 6.92 Å². The van der Waals surface area contributed by atoms with E-state index in [1.807, 2.05) is 18.2 Å². The van der Waals surface area contributed by atoms with Crippen LogP contribution in [-0.2, 0) is 0 Å². The van der Waals surface area contributed by atoms with Gasteiger partial charge in [-0.3, -0.25) is 0 Å². The van der Waals surface area contributed by atoms with E-state index in [0.29, 0.717) is 23.0 Å². The van der Waals surface area contributed by atoms with Crippen LogP contribution in [0.2, 0.25) is 0 Å². The van der Waals surface area contributed by atoms with Crippen molar-refractivity contribution >= 4 is 5.97 Å². The molecule has 0 aliphatic heterocycles. The van der Waals surface area contributed by atoms with Gasteiger partial charge in [-0.1, -0.05) is 18.2 Å². The largest absolute Gasteiger partial charge is 0.441 e. The molecular formula is C17H13NO3. The van der Waals surface area contributed by atoms with Crippen molar-refractivity contribution in [3.05, 3.63) is 72.2 Å². The van der Waals surface area contributed by atoms with E-state index >= 15 is 0 Å². The van der Waals surface area contributed by atoms with Crippen LogP contribution in [0.25, 0.3) is 11.3 Å². The van der Waals surface area contributed by atoms with Gasteiger partial charge in [0.05, 0.1) is 11.8 Å². The van der Waals surface area contributed by atoms with Crippen molar-refractivity contribution in [2.24, 2.45) is 0 Å². The summed E-state index contributed by atoms with van der Waals surface area (Å²) in [5.41, 5.74) is 1.41. The van der Waals surface area contributed by atoms with Crippen LogP contribution in [-0.4, -0.2) is 11.0 Å². The molecule has 0 amide bonds. The van der Waals surface area contributed by atoms with Crippen LogP contribution in [0.5, 0.6) is 5.75 Å². The van der Waals surface area contributed by atoms with Gasteiger partial charge in [0.1, 0.15) is 5.75 Å². The van der Waals surface area contributed by atoms with Crippen LogP contribution in [0.1, 0.15) is 16.2 Å². The van der Waals surface area contributed by atoms with Crippen LogP contribution in [0.4, 0.5) is 0 Å². The van der Waals surface area contributed by atoms with Gasteiger partial charge in [0, 0.05) is 12.5 Å². The fraction of sp³-hybridized carbons (Fsp3) is 0.0588. The number of ether oxygens (including phenoxy) is 1. The van der Waals surface area contributed by atoms with Crippen molar-refractivity contribution in [2.45, 2.75) is 6.92 Å². The molecule has 104 valence electrons. The van der Waals surface area contributed by atoms with Crippen molar-refractivity contribution in [3.63, 3.8) is 0 Å². The molecule has 0 aliphatic rings. The summed E-state index contributed by atoms with van der Waals surface area (Å²) in [5.74, 6) is 1.42. The summed E-state index contributed by atoms with van der Waals surface area (Å²) in [5, 5.41) is 0. The Bertz CT molecular complexity index is 745. The van der Waals surface area contributed by atoms with E-state index in [-0.39, 0.29) is 5.97 Å². The fourth-order valence-corrected chi connectivity index (χ4v) is 1.92. The molecule has 4 nitrogen and oxygen atoms in total. The molecule has 3 aromatic rings. The minimum atomic E-state index is -0.376. The maximum Gasteiger partial charge on any atom is 0.343 e. The topological polar surface area (TPSA) is 52.3 Å². The molecule has 0 aliphatic carbocycles. The second-order valence-electron chi connectivity index (χ2n) is 4.52. The highest BCUT2D eigenvalue weighted by Gasteiger charge is 2.08. The van der Waals surface area contributed by atoms with Crippen LogP contribution >= 0.6 is 0 Å². The Morgan fingerprint density at radius 3 is 2.38 bits per heavy atom. The van der Waals surface area contributed by atoms with E-state index in [2.05, 4.69) is 4.98 Å². The Labute approximate surface area is 122 Å². The summed E-state index contributed by atoms with van der Waals surface area (Å²) in [7, 11) is 0. The quantitative estimate of drug-likeness (QED) is 0.539. The molecule has 0 saturated carbocycles. The molecule has 0 saturated heterocycles. The average molecular weight is 279 g/mol. The highest BCUT2D eigenvalue weighted by molar-refractivity contribution is 5.91. The zero-order chi connectivity index (χ0) is 14.7. The SMILES string of the molecule is Cc1ncc(-c2ccc(OC(=O)c3ccccc3)cc2)o1. The predicted molar refractivity (Wildman–Crippen MR) is 78.1 cm³/mol. The van der Waals surface area contributed by atoms with Crippen LogP contribution in [0.3, 0.4) is 0 Å². The van der Waals surface area contributed by atoms with E-state index in [4.69, 9.17) is 9.15 Å². The number of nitrogens with zero attached hydrogens (tertiary/aromatic N) is 1. The lowest BCUT2D eigenvalue weighted by atomic mass is 10.2. The lowest BCUT2D eigenvalue weighted by molar-refractivity contribution is 0.0735. The number of carbonyl (C=O) groups excluding carboxylic acids is 1. The molecule has 0 bridgehead atoms. The van der Waals surface area contributed by atoms with Crippen LogP contribution in [0.15, 0.2) is 65.2 Å². The predicted octanol–water partition coefficient (Wildman–Crippen LogP) is 3.87. The number of aromatic nitrogens is 1. The third-order valence-corrected chi connectivity index (χ3v) is 2.98. The lowest BCUT2D eigenvalue weighted by Gasteiger charge is -2.04. The Kier molecular flexibility index (Phi) is 3.51. The fourth-order valence-electron chi connectivity index (χ4n) is 1.92. The van der Waals surface area contributed by atoms with Gasteiger partial charge < -0.3 is 9.15 Å². The van der Waals surface area contributed by atoms with Crippen molar-refractivity contribution in [1.29, 1.82) is 0 Å². The lowest BCUT2D eigenvalue weighted by Crippen LogP contribution is -2.07. The molecule has 21 heavy (non-hydrogen) atoms. The van der Waals surface area contributed by atoms with Gasteiger partial charge in [-0.15, -0.1) is 0 Å². The maximum absolute atomic E-state index is 11.9. The van der Waals surface area contributed by atoms with Gasteiger partial charge >= 0.3 is 5.97 Å². The molecular weight excluding hydrogens is 266 g/mol. The van der Waals surface area contributed by atoms with Gasteiger partial charge in [-0.25, -0.2) is 9.78 Å². The van der Waals surface area contributed by atoms with Crippen molar-refractivity contribution < 1.29 is 13.9 Å². The first-order valence-corrected chi connectivity index (χ1v) is 6.52. The molecule has 0 N–H and O–H groups in total. The third-order valence-electron chi connectivity index (χ3n) is 2.98. The summed E-state index contributed by atoms with van der Waals surface area (Å²) in [4.78, 5) is 16.0. The van der Waals surface area contributed by atoms with Crippen molar-refractivity contribution in [3.8, 4) is 17.1 Å².